The van der Waals surface area contributed by atoms with Gasteiger partial charge in [-0.05, 0) is 19.2 Å². The SMILES string of the molecule is CN1CCN(/N=C/c2ccc(N3CCOCC3)s2)CC1. The molecule has 0 saturated carbocycles. The van der Waals surface area contributed by atoms with Crippen LogP contribution in [0, 0.1) is 0 Å². The molecule has 110 valence electrons. The van der Waals surface area contributed by atoms with Gasteiger partial charge >= 0.3 is 0 Å². The molecule has 1 aromatic rings. The maximum Gasteiger partial charge on any atom is 0.0916 e. The monoisotopic (exact) mass is 294 g/mol. The minimum absolute atomic E-state index is 0.836. The summed E-state index contributed by atoms with van der Waals surface area (Å²) in [5.41, 5.74) is 0. The maximum absolute atomic E-state index is 5.39. The quantitative estimate of drug-likeness (QED) is 0.783. The lowest BCUT2D eigenvalue weighted by molar-refractivity contribution is 0.123. The average molecular weight is 294 g/mol. The van der Waals surface area contributed by atoms with Gasteiger partial charge in [0.2, 0.25) is 0 Å². The number of rotatable bonds is 3. The number of nitrogens with zero attached hydrogens (tertiary/aromatic N) is 4. The Morgan fingerprint density at radius 1 is 1.10 bits per heavy atom. The van der Waals surface area contributed by atoms with Crippen molar-refractivity contribution in [3.05, 3.63) is 17.0 Å². The van der Waals surface area contributed by atoms with Crippen molar-refractivity contribution in [2.45, 2.75) is 0 Å². The number of ether oxygens (including phenoxy) is 1. The molecule has 0 unspecified atom stereocenters. The molecule has 5 nitrogen and oxygen atoms in total. The standard InChI is InChI=1S/C14H22N4OS/c1-16-4-6-18(7-5-16)15-12-13-2-3-14(20-13)17-8-10-19-11-9-17/h2-3,12H,4-11H2,1H3/b15-12+. The van der Waals surface area contributed by atoms with E-state index in [2.05, 4.69) is 39.1 Å². The summed E-state index contributed by atoms with van der Waals surface area (Å²) in [5, 5.41) is 8.08. The second-order valence-corrected chi connectivity index (χ2v) is 6.37. The lowest BCUT2D eigenvalue weighted by Gasteiger charge is -2.30. The van der Waals surface area contributed by atoms with Crippen LogP contribution >= 0.6 is 11.3 Å². The molecule has 1 aromatic heterocycles. The third-order valence-electron chi connectivity index (χ3n) is 3.76. The van der Waals surface area contributed by atoms with E-state index in [-0.39, 0.29) is 0 Å². The van der Waals surface area contributed by atoms with Crippen molar-refractivity contribution >= 4 is 22.6 Å². The number of hydrogen-bond donors (Lipinski definition) is 0. The maximum atomic E-state index is 5.39. The molecular weight excluding hydrogens is 272 g/mol. The van der Waals surface area contributed by atoms with Gasteiger partial charge in [0.25, 0.3) is 0 Å². The Balaban J connectivity index is 1.56. The third-order valence-corrected chi connectivity index (χ3v) is 4.84. The Bertz CT molecular complexity index is 448. The van der Waals surface area contributed by atoms with E-state index in [0.717, 1.165) is 52.5 Å². The Morgan fingerprint density at radius 3 is 2.60 bits per heavy atom. The van der Waals surface area contributed by atoms with Gasteiger partial charge in [0, 0.05) is 44.1 Å². The number of hydrogen-bond acceptors (Lipinski definition) is 6. The topological polar surface area (TPSA) is 31.3 Å². The largest absolute Gasteiger partial charge is 0.378 e. The van der Waals surface area contributed by atoms with E-state index in [4.69, 9.17) is 4.74 Å². The molecule has 6 heteroatoms. The number of likely N-dealkylation sites (N-methyl/N-ethyl adjacent to an activating group) is 1. The lowest BCUT2D eigenvalue weighted by atomic mass is 10.4. The molecule has 2 aliphatic heterocycles. The van der Waals surface area contributed by atoms with Crippen LogP contribution in [0.2, 0.25) is 0 Å². The van der Waals surface area contributed by atoms with Crippen LogP contribution < -0.4 is 4.90 Å². The molecule has 0 atom stereocenters. The van der Waals surface area contributed by atoms with Crippen LogP contribution in [0.25, 0.3) is 0 Å². The van der Waals surface area contributed by atoms with Crippen LogP contribution in [0.3, 0.4) is 0 Å². The number of anilines is 1. The molecule has 0 aliphatic carbocycles. The van der Waals surface area contributed by atoms with Crippen LogP contribution in [0.15, 0.2) is 17.2 Å². The van der Waals surface area contributed by atoms with E-state index < -0.39 is 0 Å². The predicted octanol–water partition coefficient (Wildman–Crippen LogP) is 1.17. The highest BCUT2D eigenvalue weighted by Gasteiger charge is 2.13. The van der Waals surface area contributed by atoms with E-state index in [0.29, 0.717) is 0 Å². The van der Waals surface area contributed by atoms with Crippen molar-refractivity contribution in [1.29, 1.82) is 0 Å². The fourth-order valence-corrected chi connectivity index (χ4v) is 3.34. The zero-order valence-corrected chi connectivity index (χ0v) is 12.8. The first-order valence-corrected chi connectivity index (χ1v) is 8.03. The average Bonchev–Trinajstić information content (AvgIpc) is 2.97. The van der Waals surface area contributed by atoms with Gasteiger partial charge < -0.3 is 14.5 Å². The first-order valence-electron chi connectivity index (χ1n) is 7.21. The smallest absolute Gasteiger partial charge is 0.0916 e. The highest BCUT2D eigenvalue weighted by Crippen LogP contribution is 2.25. The van der Waals surface area contributed by atoms with Crippen molar-refractivity contribution in [2.24, 2.45) is 5.10 Å². The fraction of sp³-hybridized carbons (Fsp3) is 0.643. The van der Waals surface area contributed by atoms with Gasteiger partial charge in [-0.2, -0.15) is 5.10 Å². The number of thiophene rings is 1. The Hall–Kier alpha value is -1.11. The minimum atomic E-state index is 0.836. The molecule has 20 heavy (non-hydrogen) atoms. The summed E-state index contributed by atoms with van der Waals surface area (Å²) in [6.07, 6.45) is 2.00. The third kappa shape index (κ3) is 3.50. The van der Waals surface area contributed by atoms with Crippen LogP contribution in [-0.4, -0.2) is 75.7 Å². The van der Waals surface area contributed by atoms with Gasteiger partial charge in [-0.1, -0.05) is 0 Å². The molecule has 0 radical (unpaired) electrons. The fourth-order valence-electron chi connectivity index (χ4n) is 2.42. The van der Waals surface area contributed by atoms with Crippen LogP contribution in [0.1, 0.15) is 4.88 Å². The highest BCUT2D eigenvalue weighted by atomic mass is 32.1. The summed E-state index contributed by atoms with van der Waals surface area (Å²) < 4.78 is 5.39. The normalized spacial score (nSPS) is 21.9. The molecule has 2 aliphatic rings. The van der Waals surface area contributed by atoms with Crippen molar-refractivity contribution in [3.63, 3.8) is 0 Å². The van der Waals surface area contributed by atoms with Gasteiger partial charge in [-0.15, -0.1) is 11.3 Å². The first-order chi connectivity index (χ1) is 9.81. The van der Waals surface area contributed by atoms with Gasteiger partial charge in [-0.25, -0.2) is 0 Å². The minimum Gasteiger partial charge on any atom is -0.378 e. The van der Waals surface area contributed by atoms with Crippen molar-refractivity contribution in [2.75, 3.05) is 64.4 Å². The summed E-state index contributed by atoms with van der Waals surface area (Å²) in [7, 11) is 2.16. The zero-order valence-electron chi connectivity index (χ0n) is 12.0. The van der Waals surface area contributed by atoms with Crippen molar-refractivity contribution in [3.8, 4) is 0 Å². The predicted molar refractivity (Wildman–Crippen MR) is 84.0 cm³/mol. The van der Waals surface area contributed by atoms with Crippen molar-refractivity contribution in [1.82, 2.24) is 9.91 Å². The lowest BCUT2D eigenvalue weighted by Crippen LogP contribution is -2.41. The van der Waals surface area contributed by atoms with Gasteiger partial charge in [0.15, 0.2) is 0 Å². The molecule has 0 aromatic carbocycles. The van der Waals surface area contributed by atoms with E-state index in [9.17, 15) is 0 Å². The molecule has 0 N–H and O–H groups in total. The Kier molecular flexibility index (Phi) is 4.54. The second-order valence-electron chi connectivity index (χ2n) is 5.28. The molecule has 0 amide bonds. The molecule has 2 saturated heterocycles. The van der Waals surface area contributed by atoms with Gasteiger partial charge in [0.05, 0.1) is 24.4 Å². The number of morpholine rings is 1. The summed E-state index contributed by atoms with van der Waals surface area (Å²) >= 11 is 1.81. The summed E-state index contributed by atoms with van der Waals surface area (Å²) in [6, 6.07) is 4.36. The van der Waals surface area contributed by atoms with E-state index >= 15 is 0 Å². The van der Waals surface area contributed by atoms with Gasteiger partial charge in [0.1, 0.15) is 0 Å². The van der Waals surface area contributed by atoms with Crippen LogP contribution in [-0.2, 0) is 4.74 Å². The molecular formula is C14H22N4OS. The zero-order chi connectivity index (χ0) is 13.8. The molecule has 0 spiro atoms. The van der Waals surface area contributed by atoms with Crippen LogP contribution in [0.5, 0.6) is 0 Å². The van der Waals surface area contributed by atoms with Gasteiger partial charge in [-0.3, -0.25) is 5.01 Å². The number of piperazine rings is 1. The van der Waals surface area contributed by atoms with E-state index in [1.165, 1.54) is 9.88 Å². The molecule has 3 heterocycles. The first kappa shape index (κ1) is 13.9. The van der Waals surface area contributed by atoms with Crippen LogP contribution in [0.4, 0.5) is 5.00 Å². The second kappa shape index (κ2) is 6.56. The molecule has 0 bridgehead atoms. The van der Waals surface area contributed by atoms with Crippen molar-refractivity contribution < 1.29 is 4.74 Å². The number of hydrazone groups is 1. The summed E-state index contributed by atoms with van der Waals surface area (Å²) in [5.74, 6) is 0. The van der Waals surface area contributed by atoms with E-state index in [1.54, 1.807) is 0 Å². The molecule has 2 fully saturated rings. The summed E-state index contributed by atoms with van der Waals surface area (Å²) in [4.78, 5) is 5.96. The van der Waals surface area contributed by atoms with E-state index in [1.807, 2.05) is 17.6 Å². The highest BCUT2D eigenvalue weighted by molar-refractivity contribution is 7.17. The Labute approximate surface area is 124 Å². The summed E-state index contributed by atoms with van der Waals surface area (Å²) in [6.45, 7) is 7.90. The Morgan fingerprint density at radius 2 is 1.85 bits per heavy atom. The molecule has 3 rings (SSSR count).